The van der Waals surface area contributed by atoms with Gasteiger partial charge in [-0.3, -0.25) is 14.6 Å². The second kappa shape index (κ2) is 8.49. The van der Waals surface area contributed by atoms with Gasteiger partial charge in [-0.05, 0) is 53.6 Å². The molecule has 156 valence electrons. The van der Waals surface area contributed by atoms with Gasteiger partial charge >= 0.3 is 0 Å². The highest BCUT2D eigenvalue weighted by molar-refractivity contribution is 6.46. The zero-order valence-corrected chi connectivity index (χ0v) is 17.4. The van der Waals surface area contributed by atoms with Crippen LogP contribution >= 0.6 is 23.2 Å². The molecule has 31 heavy (non-hydrogen) atoms. The number of aromatic nitrogens is 1. The minimum absolute atomic E-state index is 0.0868. The second-order valence-corrected chi connectivity index (χ2v) is 7.78. The summed E-state index contributed by atoms with van der Waals surface area (Å²) in [6.45, 7) is 0.0868. The smallest absolute Gasteiger partial charge is 0.295 e. The number of ketones is 1. The number of benzene rings is 2. The first kappa shape index (κ1) is 21.0. The van der Waals surface area contributed by atoms with Gasteiger partial charge in [-0.1, -0.05) is 35.3 Å². The van der Waals surface area contributed by atoms with Crippen LogP contribution in [0.1, 0.15) is 22.7 Å². The molecule has 5 nitrogen and oxygen atoms in total. The molecule has 1 fully saturated rings. The maximum atomic E-state index is 13.3. The van der Waals surface area contributed by atoms with Crippen LogP contribution in [-0.4, -0.2) is 26.7 Å². The molecule has 1 saturated heterocycles. The highest BCUT2D eigenvalue weighted by Crippen LogP contribution is 2.41. The van der Waals surface area contributed by atoms with Crippen LogP contribution in [0.25, 0.3) is 5.76 Å². The molecule has 1 aliphatic heterocycles. The number of aliphatic hydroxyl groups is 1. The minimum atomic E-state index is -0.917. The van der Waals surface area contributed by atoms with Gasteiger partial charge in [0.25, 0.3) is 11.7 Å². The number of halogens is 3. The Hall–Kier alpha value is -3.22. The fourth-order valence-corrected chi connectivity index (χ4v) is 3.83. The van der Waals surface area contributed by atoms with E-state index in [0.717, 1.165) is 12.1 Å². The molecule has 3 aromatic rings. The summed E-state index contributed by atoms with van der Waals surface area (Å²) in [4.78, 5) is 31.3. The molecule has 0 unspecified atom stereocenters. The third kappa shape index (κ3) is 4.04. The largest absolute Gasteiger partial charge is 0.507 e. The molecule has 0 radical (unpaired) electrons. The first-order chi connectivity index (χ1) is 14.9. The van der Waals surface area contributed by atoms with Crippen molar-refractivity contribution in [3.05, 3.63) is 105 Å². The van der Waals surface area contributed by atoms with Crippen molar-refractivity contribution in [1.29, 1.82) is 0 Å². The molecular weight excluding hydrogens is 442 g/mol. The van der Waals surface area contributed by atoms with Gasteiger partial charge in [0, 0.05) is 24.5 Å². The van der Waals surface area contributed by atoms with Crippen molar-refractivity contribution >= 4 is 40.7 Å². The van der Waals surface area contributed by atoms with Crippen LogP contribution in [0.4, 0.5) is 4.39 Å². The van der Waals surface area contributed by atoms with E-state index in [9.17, 15) is 19.1 Å². The van der Waals surface area contributed by atoms with Crippen molar-refractivity contribution in [2.24, 2.45) is 0 Å². The van der Waals surface area contributed by atoms with Crippen molar-refractivity contribution in [3.63, 3.8) is 0 Å². The summed E-state index contributed by atoms with van der Waals surface area (Å²) >= 11 is 12.2. The van der Waals surface area contributed by atoms with Crippen molar-refractivity contribution in [2.75, 3.05) is 0 Å². The summed E-state index contributed by atoms with van der Waals surface area (Å²) < 4.78 is 13.3. The highest BCUT2D eigenvalue weighted by Gasteiger charge is 2.46. The first-order valence-corrected chi connectivity index (χ1v) is 10.0. The van der Waals surface area contributed by atoms with Crippen LogP contribution in [0.15, 0.2) is 72.6 Å². The molecule has 2 heterocycles. The number of Topliss-reactive ketones (excluding diaryl/α,β-unsaturated/α-hetero) is 1. The Morgan fingerprint density at radius 2 is 1.81 bits per heavy atom. The van der Waals surface area contributed by atoms with E-state index in [2.05, 4.69) is 4.98 Å². The van der Waals surface area contributed by atoms with E-state index in [-0.39, 0.29) is 22.7 Å². The maximum absolute atomic E-state index is 13.3. The SMILES string of the molecule is O=C1C(=O)N(Cc2cccnc2)[C@@H](c2ccc(Cl)c(Cl)c2)/C1=C(\O)c1ccc(F)cc1. The Labute approximate surface area is 187 Å². The topological polar surface area (TPSA) is 70.5 Å². The van der Waals surface area contributed by atoms with Gasteiger partial charge in [0.15, 0.2) is 0 Å². The molecule has 1 aliphatic rings. The van der Waals surface area contributed by atoms with Crippen molar-refractivity contribution in [2.45, 2.75) is 12.6 Å². The normalized spacial score (nSPS) is 17.9. The van der Waals surface area contributed by atoms with Crippen molar-refractivity contribution in [1.82, 2.24) is 9.88 Å². The van der Waals surface area contributed by atoms with E-state index in [4.69, 9.17) is 23.2 Å². The Morgan fingerprint density at radius 3 is 2.45 bits per heavy atom. The average molecular weight is 457 g/mol. The number of carbonyl (C=O) groups excluding carboxylic acids is 2. The first-order valence-electron chi connectivity index (χ1n) is 9.25. The van der Waals surface area contributed by atoms with E-state index in [0.29, 0.717) is 16.1 Å². The van der Waals surface area contributed by atoms with E-state index in [1.807, 2.05) is 0 Å². The zero-order valence-electron chi connectivity index (χ0n) is 15.9. The lowest BCUT2D eigenvalue weighted by Gasteiger charge is -2.25. The predicted molar refractivity (Wildman–Crippen MR) is 115 cm³/mol. The lowest BCUT2D eigenvalue weighted by Crippen LogP contribution is -2.29. The number of amides is 1. The Morgan fingerprint density at radius 1 is 1.06 bits per heavy atom. The molecule has 0 spiro atoms. The van der Waals surface area contributed by atoms with Crippen LogP contribution in [0, 0.1) is 5.82 Å². The highest BCUT2D eigenvalue weighted by atomic mass is 35.5. The zero-order chi connectivity index (χ0) is 22.1. The van der Waals surface area contributed by atoms with Crippen LogP contribution in [0.5, 0.6) is 0 Å². The van der Waals surface area contributed by atoms with Crippen molar-refractivity contribution < 1.29 is 19.1 Å². The number of aliphatic hydroxyl groups excluding tert-OH is 1. The van der Waals surface area contributed by atoms with Crippen molar-refractivity contribution in [3.8, 4) is 0 Å². The Kier molecular flexibility index (Phi) is 5.76. The number of rotatable bonds is 4. The molecule has 0 aliphatic carbocycles. The van der Waals surface area contributed by atoms with E-state index in [1.165, 1.54) is 17.0 Å². The third-order valence-electron chi connectivity index (χ3n) is 4.99. The fourth-order valence-electron chi connectivity index (χ4n) is 3.52. The molecule has 1 aromatic heterocycles. The van der Waals surface area contributed by atoms with E-state index in [1.54, 1.807) is 42.7 Å². The second-order valence-electron chi connectivity index (χ2n) is 6.97. The molecule has 0 saturated carbocycles. The summed E-state index contributed by atoms with van der Waals surface area (Å²) in [5.41, 5.74) is 1.31. The van der Waals surface area contributed by atoms with E-state index < -0.39 is 29.3 Å². The number of carbonyl (C=O) groups is 2. The summed E-state index contributed by atoms with van der Waals surface area (Å²) in [5.74, 6) is -2.51. The van der Waals surface area contributed by atoms with Gasteiger partial charge in [0.1, 0.15) is 11.6 Å². The molecule has 8 heteroatoms. The average Bonchev–Trinajstić information content (AvgIpc) is 3.01. The molecule has 0 bridgehead atoms. The van der Waals surface area contributed by atoms with Gasteiger partial charge in [0.05, 0.1) is 21.7 Å². The Balaban J connectivity index is 1.88. The molecule has 4 rings (SSSR count). The summed E-state index contributed by atoms with van der Waals surface area (Å²) in [7, 11) is 0. The number of hydrogen-bond donors (Lipinski definition) is 1. The number of pyridine rings is 1. The van der Waals surface area contributed by atoms with Gasteiger partial charge in [0.2, 0.25) is 0 Å². The van der Waals surface area contributed by atoms with Crippen LogP contribution in [0.3, 0.4) is 0 Å². The third-order valence-corrected chi connectivity index (χ3v) is 5.73. The molecule has 2 aromatic carbocycles. The molecule has 1 atom stereocenters. The Bertz CT molecular complexity index is 1200. The van der Waals surface area contributed by atoms with Gasteiger partial charge < -0.3 is 10.0 Å². The summed E-state index contributed by atoms with van der Waals surface area (Å²) in [5, 5.41) is 11.5. The van der Waals surface area contributed by atoms with Crippen LogP contribution in [-0.2, 0) is 16.1 Å². The van der Waals surface area contributed by atoms with Gasteiger partial charge in [-0.2, -0.15) is 0 Å². The molecular formula is C23H15Cl2FN2O3. The monoisotopic (exact) mass is 456 g/mol. The molecule has 1 N–H and O–H groups in total. The predicted octanol–water partition coefficient (Wildman–Crippen LogP) is 5.15. The van der Waals surface area contributed by atoms with Crippen LogP contribution in [0.2, 0.25) is 10.0 Å². The maximum Gasteiger partial charge on any atom is 0.295 e. The minimum Gasteiger partial charge on any atom is -0.507 e. The summed E-state index contributed by atoms with van der Waals surface area (Å²) in [6.07, 6.45) is 3.19. The number of nitrogens with zero attached hydrogens (tertiary/aromatic N) is 2. The van der Waals surface area contributed by atoms with Crippen LogP contribution < -0.4 is 0 Å². The molecule has 1 amide bonds. The lowest BCUT2D eigenvalue weighted by atomic mass is 9.95. The number of hydrogen-bond acceptors (Lipinski definition) is 4. The van der Waals surface area contributed by atoms with E-state index >= 15 is 0 Å². The quantitative estimate of drug-likeness (QED) is 0.334. The summed E-state index contributed by atoms with van der Waals surface area (Å²) in [6, 6.07) is 12.3. The fraction of sp³-hybridized carbons (Fsp3) is 0.0870. The lowest BCUT2D eigenvalue weighted by molar-refractivity contribution is -0.140. The number of likely N-dealkylation sites (tertiary alicyclic amines) is 1. The van der Waals surface area contributed by atoms with Gasteiger partial charge in [-0.15, -0.1) is 0 Å². The van der Waals surface area contributed by atoms with Gasteiger partial charge in [-0.25, -0.2) is 4.39 Å². The standard InChI is InChI=1S/C23H15Cl2FN2O3/c24-17-8-5-15(10-18(17)25)20-19(21(29)14-3-6-16(26)7-4-14)22(30)23(31)28(20)12-13-2-1-9-27-11-13/h1-11,20,29H,12H2/b21-19+/t20-/m0/s1.